The van der Waals surface area contributed by atoms with E-state index in [1.165, 1.54) is 12.1 Å². The van der Waals surface area contributed by atoms with E-state index in [0.717, 1.165) is 16.9 Å². The maximum Gasteiger partial charge on any atom is 0.273 e. The van der Waals surface area contributed by atoms with Crippen LogP contribution in [-0.2, 0) is 0 Å². The van der Waals surface area contributed by atoms with Gasteiger partial charge in [0.15, 0.2) is 0 Å². The smallest absolute Gasteiger partial charge is 0.273 e. The molecular formula is C21H17NO4. The number of nitro groups is 1. The molecule has 26 heavy (non-hydrogen) atoms. The second-order valence-electron chi connectivity index (χ2n) is 6.15. The first-order valence-corrected chi connectivity index (χ1v) is 8.42. The van der Waals surface area contributed by atoms with Crippen LogP contribution in [0.4, 0.5) is 5.69 Å². The normalized spacial score (nSPS) is 18.5. The molecule has 0 aliphatic carbocycles. The van der Waals surface area contributed by atoms with Crippen LogP contribution in [0.3, 0.4) is 0 Å². The Kier molecular flexibility index (Phi) is 4.27. The number of nitrogens with zero attached hydrogens (tertiary/aromatic N) is 1. The van der Waals surface area contributed by atoms with Gasteiger partial charge in [-0.05, 0) is 17.7 Å². The highest BCUT2D eigenvalue weighted by atomic mass is 16.6. The van der Waals surface area contributed by atoms with Crippen molar-refractivity contribution in [2.75, 3.05) is 0 Å². The molecule has 2 unspecified atom stereocenters. The molecule has 4 rings (SSSR count). The zero-order valence-electron chi connectivity index (χ0n) is 13.9. The molecule has 3 aromatic carbocycles. The van der Waals surface area contributed by atoms with Gasteiger partial charge in [0, 0.05) is 18.1 Å². The van der Waals surface area contributed by atoms with Crippen LogP contribution in [0, 0.1) is 10.1 Å². The number of non-ortho nitro benzene ring substituents is 1. The lowest BCUT2D eigenvalue weighted by Gasteiger charge is -2.32. The summed E-state index contributed by atoms with van der Waals surface area (Å²) in [6.07, 6.45) is 0.256. The van der Waals surface area contributed by atoms with E-state index in [-0.39, 0.29) is 17.9 Å². The van der Waals surface area contributed by atoms with Gasteiger partial charge in [0.1, 0.15) is 23.7 Å². The Morgan fingerprint density at radius 2 is 1.73 bits per heavy atom. The van der Waals surface area contributed by atoms with Gasteiger partial charge >= 0.3 is 0 Å². The van der Waals surface area contributed by atoms with Crippen LogP contribution in [0.5, 0.6) is 11.5 Å². The van der Waals surface area contributed by atoms with E-state index < -0.39 is 4.92 Å². The summed E-state index contributed by atoms with van der Waals surface area (Å²) >= 11 is 0. The lowest BCUT2D eigenvalue weighted by molar-refractivity contribution is -0.385. The van der Waals surface area contributed by atoms with Crippen molar-refractivity contribution in [3.05, 3.63) is 100 Å². The first-order valence-electron chi connectivity index (χ1n) is 8.42. The number of hydrogen-bond donors (Lipinski definition) is 0. The van der Waals surface area contributed by atoms with E-state index in [9.17, 15) is 10.1 Å². The fourth-order valence-corrected chi connectivity index (χ4v) is 3.19. The molecule has 0 aromatic heterocycles. The van der Waals surface area contributed by atoms with Gasteiger partial charge in [0.2, 0.25) is 0 Å². The van der Waals surface area contributed by atoms with E-state index in [0.29, 0.717) is 12.2 Å². The minimum Gasteiger partial charge on any atom is -0.485 e. The van der Waals surface area contributed by atoms with Crippen LogP contribution in [0.1, 0.15) is 29.8 Å². The lowest BCUT2D eigenvalue weighted by atomic mass is 9.95. The monoisotopic (exact) mass is 347 g/mol. The molecule has 0 saturated carbocycles. The van der Waals surface area contributed by atoms with Gasteiger partial charge in [0.25, 0.3) is 5.69 Å². The number of hydrogen-bond acceptors (Lipinski definition) is 4. The number of para-hydroxylation sites is 1. The predicted octanol–water partition coefficient (Wildman–Crippen LogP) is 5.24. The predicted molar refractivity (Wildman–Crippen MR) is 97.3 cm³/mol. The minimum absolute atomic E-state index is 0.0162. The highest BCUT2D eigenvalue weighted by Gasteiger charge is 2.30. The number of nitro benzene ring substituents is 1. The number of ether oxygens (including phenoxy) is 2. The molecule has 0 spiro atoms. The van der Waals surface area contributed by atoms with E-state index in [2.05, 4.69) is 0 Å². The zero-order chi connectivity index (χ0) is 17.9. The van der Waals surface area contributed by atoms with Gasteiger partial charge in [-0.15, -0.1) is 0 Å². The molecule has 0 saturated heterocycles. The Balaban J connectivity index is 1.66. The van der Waals surface area contributed by atoms with Crippen molar-refractivity contribution in [3.8, 4) is 11.5 Å². The Hall–Kier alpha value is -3.34. The fourth-order valence-electron chi connectivity index (χ4n) is 3.19. The van der Waals surface area contributed by atoms with Crippen LogP contribution in [0.15, 0.2) is 78.9 Å². The van der Waals surface area contributed by atoms with Crippen LogP contribution in [0.2, 0.25) is 0 Å². The van der Waals surface area contributed by atoms with Gasteiger partial charge in [-0.2, -0.15) is 0 Å². The topological polar surface area (TPSA) is 61.6 Å². The average Bonchev–Trinajstić information content (AvgIpc) is 2.69. The van der Waals surface area contributed by atoms with Crippen molar-refractivity contribution in [3.63, 3.8) is 0 Å². The molecule has 5 heteroatoms. The molecule has 3 aromatic rings. The third-order valence-corrected chi connectivity index (χ3v) is 4.44. The summed E-state index contributed by atoms with van der Waals surface area (Å²) in [6, 6.07) is 24.0. The second kappa shape index (κ2) is 6.88. The van der Waals surface area contributed by atoms with Gasteiger partial charge in [-0.3, -0.25) is 10.1 Å². The van der Waals surface area contributed by atoms with E-state index in [1.54, 1.807) is 12.1 Å². The van der Waals surface area contributed by atoms with Crippen molar-refractivity contribution >= 4 is 5.69 Å². The van der Waals surface area contributed by atoms with Gasteiger partial charge in [-0.1, -0.05) is 54.6 Å². The standard InChI is InChI=1S/C21H17NO4/c23-22(24)16-9-6-10-17(13-16)25-21-14-20(15-7-2-1-3-8-15)26-19-12-5-4-11-18(19)21/h1-13,20-21H,14H2. The van der Waals surface area contributed by atoms with Gasteiger partial charge in [-0.25, -0.2) is 0 Å². The summed E-state index contributed by atoms with van der Waals surface area (Å²) in [5.41, 5.74) is 2.04. The molecule has 1 aliphatic rings. The molecule has 2 atom stereocenters. The Bertz CT molecular complexity index is 926. The highest BCUT2D eigenvalue weighted by Crippen LogP contribution is 2.43. The molecule has 1 aliphatic heterocycles. The Morgan fingerprint density at radius 1 is 0.962 bits per heavy atom. The Morgan fingerprint density at radius 3 is 2.54 bits per heavy atom. The van der Waals surface area contributed by atoms with Crippen LogP contribution in [-0.4, -0.2) is 4.92 Å². The van der Waals surface area contributed by atoms with Crippen molar-refractivity contribution in [2.45, 2.75) is 18.6 Å². The zero-order valence-corrected chi connectivity index (χ0v) is 13.9. The summed E-state index contributed by atoms with van der Waals surface area (Å²) in [6.45, 7) is 0. The maximum absolute atomic E-state index is 11.0. The number of rotatable bonds is 4. The third kappa shape index (κ3) is 3.24. The molecule has 0 bridgehead atoms. The largest absolute Gasteiger partial charge is 0.485 e. The molecule has 1 heterocycles. The second-order valence-corrected chi connectivity index (χ2v) is 6.15. The molecule has 0 radical (unpaired) electrons. The summed E-state index contributed by atoms with van der Waals surface area (Å²) in [5, 5.41) is 11.0. The maximum atomic E-state index is 11.0. The molecule has 0 fully saturated rings. The van der Waals surface area contributed by atoms with Gasteiger partial charge in [0.05, 0.1) is 11.0 Å². The molecule has 5 nitrogen and oxygen atoms in total. The summed E-state index contributed by atoms with van der Waals surface area (Å²) < 4.78 is 12.3. The Labute approximate surface area is 151 Å². The lowest BCUT2D eigenvalue weighted by Crippen LogP contribution is -2.22. The van der Waals surface area contributed by atoms with Crippen molar-refractivity contribution in [1.82, 2.24) is 0 Å². The summed E-state index contributed by atoms with van der Waals surface area (Å²) in [5.74, 6) is 1.26. The molecular weight excluding hydrogens is 330 g/mol. The third-order valence-electron chi connectivity index (χ3n) is 4.44. The SMILES string of the molecule is O=[N+]([O-])c1cccc(OC2CC(c3ccccc3)Oc3ccccc32)c1. The van der Waals surface area contributed by atoms with E-state index in [1.807, 2.05) is 54.6 Å². The van der Waals surface area contributed by atoms with Gasteiger partial charge < -0.3 is 9.47 Å². The number of fused-ring (bicyclic) bond motifs is 1. The van der Waals surface area contributed by atoms with Crippen LogP contribution in [0.25, 0.3) is 0 Å². The summed E-state index contributed by atoms with van der Waals surface area (Å²) in [7, 11) is 0. The fraction of sp³-hybridized carbons (Fsp3) is 0.143. The van der Waals surface area contributed by atoms with Crippen molar-refractivity contribution < 1.29 is 14.4 Å². The van der Waals surface area contributed by atoms with Crippen molar-refractivity contribution in [2.24, 2.45) is 0 Å². The number of benzene rings is 3. The molecule has 0 amide bonds. The van der Waals surface area contributed by atoms with Crippen LogP contribution >= 0.6 is 0 Å². The van der Waals surface area contributed by atoms with E-state index in [4.69, 9.17) is 9.47 Å². The van der Waals surface area contributed by atoms with E-state index >= 15 is 0 Å². The molecule has 130 valence electrons. The van der Waals surface area contributed by atoms with Crippen LogP contribution < -0.4 is 9.47 Å². The highest BCUT2D eigenvalue weighted by molar-refractivity contribution is 5.41. The first-order chi connectivity index (χ1) is 12.7. The first kappa shape index (κ1) is 16.1. The average molecular weight is 347 g/mol. The minimum atomic E-state index is -0.419. The summed E-state index contributed by atoms with van der Waals surface area (Å²) in [4.78, 5) is 10.6. The quantitative estimate of drug-likeness (QED) is 0.478. The van der Waals surface area contributed by atoms with Crippen molar-refractivity contribution in [1.29, 1.82) is 0 Å². The molecule has 0 N–H and O–H groups in total.